The van der Waals surface area contributed by atoms with Crippen LogP contribution in [0.2, 0.25) is 0 Å². The molecule has 4 aromatic rings. The van der Waals surface area contributed by atoms with Crippen LogP contribution in [0.15, 0.2) is 42.7 Å². The van der Waals surface area contributed by atoms with E-state index in [-0.39, 0.29) is 5.91 Å². The molecular formula is C27H26N6O3. The maximum Gasteiger partial charge on any atom is 0.260 e. The molecule has 9 nitrogen and oxygen atoms in total. The van der Waals surface area contributed by atoms with Gasteiger partial charge in [-0.25, -0.2) is 9.67 Å². The van der Waals surface area contributed by atoms with E-state index in [1.807, 2.05) is 35.0 Å². The van der Waals surface area contributed by atoms with Crippen LogP contribution in [0.1, 0.15) is 57.9 Å². The van der Waals surface area contributed by atoms with Gasteiger partial charge < -0.3 is 15.2 Å². The Morgan fingerprint density at radius 2 is 2.03 bits per heavy atom. The van der Waals surface area contributed by atoms with Crippen LogP contribution in [0.5, 0.6) is 5.88 Å². The number of pyridine rings is 2. The maximum absolute atomic E-state index is 13.8. The molecule has 2 N–H and O–H groups in total. The quantitative estimate of drug-likeness (QED) is 0.459. The topological polar surface area (TPSA) is 108 Å². The first-order chi connectivity index (χ1) is 17.7. The van der Waals surface area contributed by atoms with Crippen molar-refractivity contribution in [1.29, 1.82) is 0 Å². The molecule has 0 spiro atoms. The first kappa shape index (κ1) is 21.3. The van der Waals surface area contributed by atoms with Crippen molar-refractivity contribution in [1.82, 2.24) is 19.7 Å². The highest BCUT2D eigenvalue weighted by Gasteiger charge is 2.29. The summed E-state index contributed by atoms with van der Waals surface area (Å²) in [5, 5.41) is 5.51. The highest BCUT2D eigenvalue weighted by atomic mass is 16.5. The van der Waals surface area contributed by atoms with Gasteiger partial charge in [-0.15, -0.1) is 0 Å². The molecule has 1 amide bonds. The van der Waals surface area contributed by atoms with Gasteiger partial charge in [0.25, 0.3) is 5.91 Å². The molecule has 1 saturated carbocycles. The zero-order chi connectivity index (χ0) is 24.2. The fourth-order valence-electron chi connectivity index (χ4n) is 5.12. The molecular weight excluding hydrogens is 456 g/mol. The van der Waals surface area contributed by atoms with Crippen molar-refractivity contribution in [3.8, 4) is 5.88 Å². The second-order valence-corrected chi connectivity index (χ2v) is 9.70. The third kappa shape index (κ3) is 3.58. The van der Waals surface area contributed by atoms with Crippen LogP contribution in [0.3, 0.4) is 0 Å². The molecule has 0 saturated heterocycles. The average Bonchev–Trinajstić information content (AvgIpc) is 3.47. The number of anilines is 2. The number of amides is 1. The molecule has 0 atom stereocenters. The predicted molar refractivity (Wildman–Crippen MR) is 134 cm³/mol. The number of fused-ring (bicyclic) bond motifs is 4. The van der Waals surface area contributed by atoms with Crippen LogP contribution in [-0.4, -0.2) is 32.3 Å². The molecule has 1 fully saturated rings. The van der Waals surface area contributed by atoms with E-state index in [0.29, 0.717) is 55.2 Å². The van der Waals surface area contributed by atoms with Gasteiger partial charge in [-0.3, -0.25) is 14.7 Å². The molecule has 3 aliphatic rings. The van der Waals surface area contributed by atoms with Crippen molar-refractivity contribution < 1.29 is 14.3 Å². The molecule has 9 heteroatoms. The lowest BCUT2D eigenvalue weighted by molar-refractivity contribution is 0.0983. The Bertz CT molecular complexity index is 1490. The van der Waals surface area contributed by atoms with E-state index < -0.39 is 0 Å². The standard InChI is InChI=1S/C27H26N6O3/c28-25-21-15-35-14-20(21)19-6-2-16(10-23(19)31-25)13-32(24-12-30-33-8-1-9-36-27(24)33)26(34)18-5-7-22(29-11-18)17-3-4-17/h2,5-7,10-12,17H,1,3-4,8-9,13-15H2,(H2,28,31). The lowest BCUT2D eigenvalue weighted by Gasteiger charge is -2.25. The van der Waals surface area contributed by atoms with Gasteiger partial charge in [0.1, 0.15) is 11.5 Å². The summed E-state index contributed by atoms with van der Waals surface area (Å²) in [5.41, 5.74) is 12.3. The Hall–Kier alpha value is -3.98. The van der Waals surface area contributed by atoms with Crippen molar-refractivity contribution in [2.45, 2.75) is 51.5 Å². The first-order valence-electron chi connectivity index (χ1n) is 12.4. The number of ether oxygens (including phenoxy) is 2. The van der Waals surface area contributed by atoms with Gasteiger partial charge in [0, 0.05) is 41.7 Å². The Kier molecular flexibility index (Phi) is 4.92. The fraction of sp³-hybridized carbons (Fsp3) is 0.333. The normalized spacial score (nSPS) is 16.4. The number of rotatable bonds is 5. The fourth-order valence-corrected chi connectivity index (χ4v) is 5.12. The highest BCUT2D eigenvalue weighted by Crippen LogP contribution is 2.39. The molecule has 5 heterocycles. The second-order valence-electron chi connectivity index (χ2n) is 9.70. The molecule has 0 bridgehead atoms. The van der Waals surface area contributed by atoms with Crippen molar-refractivity contribution >= 4 is 28.3 Å². The van der Waals surface area contributed by atoms with E-state index in [1.165, 1.54) is 12.8 Å². The van der Waals surface area contributed by atoms with Crippen LogP contribution in [-0.2, 0) is 31.0 Å². The number of hydrogen-bond acceptors (Lipinski definition) is 7. The van der Waals surface area contributed by atoms with Crippen LogP contribution >= 0.6 is 0 Å². The van der Waals surface area contributed by atoms with E-state index >= 15 is 0 Å². The average molecular weight is 483 g/mol. The Morgan fingerprint density at radius 3 is 2.86 bits per heavy atom. The molecule has 182 valence electrons. The Labute approximate surface area is 207 Å². The summed E-state index contributed by atoms with van der Waals surface area (Å²) in [6.07, 6.45) is 6.63. The number of hydrogen-bond donors (Lipinski definition) is 1. The summed E-state index contributed by atoms with van der Waals surface area (Å²) in [6, 6.07) is 9.92. The van der Waals surface area contributed by atoms with Crippen LogP contribution < -0.4 is 15.4 Å². The van der Waals surface area contributed by atoms with E-state index in [1.54, 1.807) is 17.3 Å². The van der Waals surface area contributed by atoms with Crippen LogP contribution in [0.25, 0.3) is 10.9 Å². The lowest BCUT2D eigenvalue weighted by Crippen LogP contribution is -2.31. The third-order valence-corrected chi connectivity index (χ3v) is 7.23. The number of nitrogens with two attached hydrogens (primary N) is 1. The molecule has 7 rings (SSSR count). The SMILES string of the molecule is Nc1nc2cc(CN(C(=O)c3ccc(C4CC4)nc3)c3cnn4c3OCCC4)ccc2c2c1COC2. The summed E-state index contributed by atoms with van der Waals surface area (Å²) < 4.78 is 13.4. The smallest absolute Gasteiger partial charge is 0.260 e. The van der Waals surface area contributed by atoms with Gasteiger partial charge in [-0.05, 0) is 42.2 Å². The van der Waals surface area contributed by atoms with Crippen LogP contribution in [0.4, 0.5) is 11.5 Å². The number of benzene rings is 1. The molecule has 1 aromatic carbocycles. The zero-order valence-electron chi connectivity index (χ0n) is 19.8. The number of carbonyl (C=O) groups is 1. The minimum Gasteiger partial charge on any atom is -0.476 e. The molecule has 1 aliphatic carbocycles. The van der Waals surface area contributed by atoms with Gasteiger partial charge in [0.2, 0.25) is 5.88 Å². The number of nitrogen functional groups attached to an aromatic ring is 1. The van der Waals surface area contributed by atoms with Crippen molar-refractivity contribution in [2.75, 3.05) is 17.2 Å². The lowest BCUT2D eigenvalue weighted by atomic mass is 10.0. The molecule has 0 unspecified atom stereocenters. The van der Waals surface area contributed by atoms with Gasteiger partial charge in [0.05, 0.1) is 43.6 Å². The number of aromatic nitrogens is 4. The zero-order valence-corrected chi connectivity index (χ0v) is 19.8. The predicted octanol–water partition coefficient (Wildman–Crippen LogP) is 3.95. The van der Waals surface area contributed by atoms with Crippen molar-refractivity contribution in [2.24, 2.45) is 0 Å². The van der Waals surface area contributed by atoms with Crippen LogP contribution in [0, 0.1) is 0 Å². The molecule has 2 aliphatic heterocycles. The number of carbonyl (C=O) groups excluding carboxylic acids is 1. The summed E-state index contributed by atoms with van der Waals surface area (Å²) in [6.45, 7) is 2.73. The van der Waals surface area contributed by atoms with Crippen molar-refractivity contribution in [3.05, 3.63) is 70.7 Å². The summed E-state index contributed by atoms with van der Waals surface area (Å²) in [4.78, 5) is 24.8. The van der Waals surface area contributed by atoms with Gasteiger partial charge in [-0.2, -0.15) is 5.10 Å². The van der Waals surface area contributed by atoms with Gasteiger partial charge >= 0.3 is 0 Å². The third-order valence-electron chi connectivity index (χ3n) is 7.23. The molecule has 36 heavy (non-hydrogen) atoms. The first-order valence-corrected chi connectivity index (χ1v) is 12.4. The maximum atomic E-state index is 13.8. The number of aryl methyl sites for hydroxylation is 1. The highest BCUT2D eigenvalue weighted by molar-refractivity contribution is 6.06. The van der Waals surface area contributed by atoms with E-state index in [4.69, 9.17) is 15.2 Å². The Balaban J connectivity index is 1.27. The van der Waals surface area contributed by atoms with Gasteiger partial charge in [0.15, 0.2) is 0 Å². The molecule has 0 radical (unpaired) electrons. The summed E-state index contributed by atoms with van der Waals surface area (Å²) >= 11 is 0. The second kappa shape index (κ2) is 8.30. The molecule has 3 aromatic heterocycles. The monoisotopic (exact) mass is 482 g/mol. The Morgan fingerprint density at radius 1 is 1.14 bits per heavy atom. The minimum atomic E-state index is -0.148. The van der Waals surface area contributed by atoms with E-state index in [0.717, 1.165) is 46.3 Å². The largest absolute Gasteiger partial charge is 0.476 e. The number of nitrogens with zero attached hydrogens (tertiary/aromatic N) is 5. The van der Waals surface area contributed by atoms with E-state index in [9.17, 15) is 4.79 Å². The summed E-state index contributed by atoms with van der Waals surface area (Å²) in [7, 11) is 0. The minimum absolute atomic E-state index is 0.148. The van der Waals surface area contributed by atoms with Crippen molar-refractivity contribution in [3.63, 3.8) is 0 Å². The van der Waals surface area contributed by atoms with Gasteiger partial charge in [-0.1, -0.05) is 12.1 Å². The summed E-state index contributed by atoms with van der Waals surface area (Å²) in [5.74, 6) is 1.51. The van der Waals surface area contributed by atoms with E-state index in [2.05, 4.69) is 15.1 Å².